The third-order valence-corrected chi connectivity index (χ3v) is 2.68. The zero-order valence-electron chi connectivity index (χ0n) is 11.7. The second kappa shape index (κ2) is 8.67. The Bertz CT molecular complexity index is 373. The molecule has 4 nitrogen and oxygen atoms in total. The van der Waals surface area contributed by atoms with Gasteiger partial charge in [-0.15, -0.1) is 0 Å². The topological polar surface area (TPSA) is 58.6 Å². The molecular weight excluding hydrogens is 242 g/mol. The summed E-state index contributed by atoms with van der Waals surface area (Å²) < 4.78 is 5.56. The predicted molar refractivity (Wildman–Crippen MR) is 75.5 cm³/mol. The van der Waals surface area contributed by atoms with Crippen molar-refractivity contribution >= 4 is 5.78 Å². The average Bonchev–Trinajstić information content (AvgIpc) is 2.37. The monoisotopic (exact) mass is 265 g/mol. The second-order valence-corrected chi connectivity index (χ2v) is 4.75. The van der Waals surface area contributed by atoms with Crippen LogP contribution in [0.15, 0.2) is 24.3 Å². The molecule has 0 bridgehead atoms. The third-order valence-electron chi connectivity index (χ3n) is 2.68. The lowest BCUT2D eigenvalue weighted by atomic mass is 10.1. The van der Waals surface area contributed by atoms with Crippen LogP contribution in [-0.2, 0) is 11.2 Å². The Morgan fingerprint density at radius 1 is 1.37 bits per heavy atom. The van der Waals surface area contributed by atoms with Crippen LogP contribution in [0.3, 0.4) is 0 Å². The van der Waals surface area contributed by atoms with E-state index in [2.05, 4.69) is 5.32 Å². The molecule has 0 amide bonds. The largest absolute Gasteiger partial charge is 0.492 e. The number of carbonyl (C=O) groups excluding carboxylic acids is 1. The smallest absolute Gasteiger partial charge is 0.130 e. The van der Waals surface area contributed by atoms with Crippen LogP contribution in [0.25, 0.3) is 0 Å². The van der Waals surface area contributed by atoms with Crippen LogP contribution in [0.5, 0.6) is 5.75 Å². The summed E-state index contributed by atoms with van der Waals surface area (Å²) in [5.41, 5.74) is 1.15. The fourth-order valence-electron chi connectivity index (χ4n) is 1.62. The highest BCUT2D eigenvalue weighted by Crippen LogP contribution is 2.13. The lowest BCUT2D eigenvalue weighted by Crippen LogP contribution is -2.28. The van der Waals surface area contributed by atoms with E-state index in [1.807, 2.05) is 24.3 Å². The van der Waals surface area contributed by atoms with Crippen molar-refractivity contribution in [2.24, 2.45) is 0 Å². The lowest BCUT2D eigenvalue weighted by molar-refractivity contribution is -0.116. The summed E-state index contributed by atoms with van der Waals surface area (Å²) in [5, 5.41) is 12.1. The Morgan fingerprint density at radius 3 is 2.63 bits per heavy atom. The number of rotatable bonds is 9. The van der Waals surface area contributed by atoms with Gasteiger partial charge in [-0.3, -0.25) is 0 Å². The van der Waals surface area contributed by atoms with Gasteiger partial charge in [-0.25, -0.2) is 0 Å². The minimum Gasteiger partial charge on any atom is -0.492 e. The molecule has 1 unspecified atom stereocenters. The molecular formula is C15H23NO3. The molecule has 0 aliphatic rings. The summed E-state index contributed by atoms with van der Waals surface area (Å²) in [7, 11) is 0. The summed E-state index contributed by atoms with van der Waals surface area (Å²) in [4.78, 5) is 10.9. The highest BCUT2D eigenvalue weighted by Gasteiger charge is 1.99. The molecule has 2 N–H and O–H groups in total. The number of aliphatic hydroxyl groups excluding tert-OH is 1. The zero-order chi connectivity index (χ0) is 14.1. The summed E-state index contributed by atoms with van der Waals surface area (Å²) in [6.07, 6.45) is 1.04. The van der Waals surface area contributed by atoms with E-state index in [4.69, 9.17) is 9.84 Å². The van der Waals surface area contributed by atoms with Gasteiger partial charge < -0.3 is 20.0 Å². The number of aliphatic hydroxyl groups is 1. The van der Waals surface area contributed by atoms with Gasteiger partial charge in [0.25, 0.3) is 0 Å². The van der Waals surface area contributed by atoms with Crippen molar-refractivity contribution in [1.29, 1.82) is 0 Å². The Labute approximate surface area is 114 Å². The van der Waals surface area contributed by atoms with Gasteiger partial charge in [-0.2, -0.15) is 0 Å². The Hall–Kier alpha value is -1.39. The highest BCUT2D eigenvalue weighted by atomic mass is 16.5. The molecule has 1 aromatic rings. The van der Waals surface area contributed by atoms with Crippen LogP contribution >= 0.6 is 0 Å². The van der Waals surface area contributed by atoms with Crippen LogP contribution in [0.2, 0.25) is 0 Å². The normalized spacial score (nSPS) is 12.2. The number of benzene rings is 1. The maximum atomic E-state index is 10.9. The minimum atomic E-state index is -0.333. The summed E-state index contributed by atoms with van der Waals surface area (Å²) in [5.74, 6) is 1.04. The van der Waals surface area contributed by atoms with E-state index in [0.717, 1.165) is 17.7 Å². The van der Waals surface area contributed by atoms with E-state index in [1.165, 1.54) is 0 Å². The fraction of sp³-hybridized carbons (Fsp3) is 0.533. The van der Waals surface area contributed by atoms with Crippen LogP contribution in [-0.4, -0.2) is 36.7 Å². The molecule has 1 aromatic carbocycles. The van der Waals surface area contributed by atoms with Gasteiger partial charge in [0, 0.05) is 19.5 Å². The van der Waals surface area contributed by atoms with E-state index in [0.29, 0.717) is 26.1 Å². The van der Waals surface area contributed by atoms with Crippen molar-refractivity contribution < 1.29 is 14.6 Å². The van der Waals surface area contributed by atoms with Gasteiger partial charge in [0.15, 0.2) is 0 Å². The standard InChI is InChI=1S/C15H23NO3/c1-12(17)3-4-14-5-7-15(8-6-14)19-10-9-16-11-13(2)18/h5-8,13,16,18H,3-4,9-11H2,1-2H3. The molecule has 0 saturated heterocycles. The molecule has 0 heterocycles. The van der Waals surface area contributed by atoms with Gasteiger partial charge in [0.2, 0.25) is 0 Å². The summed E-state index contributed by atoms with van der Waals surface area (Å²) in [6, 6.07) is 7.82. The van der Waals surface area contributed by atoms with E-state index in [1.54, 1.807) is 13.8 Å². The zero-order valence-corrected chi connectivity index (χ0v) is 11.7. The number of aryl methyl sites for hydroxylation is 1. The van der Waals surface area contributed by atoms with Crippen LogP contribution in [0.4, 0.5) is 0 Å². The molecule has 1 atom stereocenters. The van der Waals surface area contributed by atoms with Crippen LogP contribution in [0.1, 0.15) is 25.8 Å². The SMILES string of the molecule is CC(=O)CCc1ccc(OCCNCC(C)O)cc1. The number of hydrogen-bond acceptors (Lipinski definition) is 4. The quantitative estimate of drug-likeness (QED) is 0.665. The van der Waals surface area contributed by atoms with Crippen molar-refractivity contribution in [2.45, 2.75) is 32.8 Å². The second-order valence-electron chi connectivity index (χ2n) is 4.75. The molecule has 0 saturated carbocycles. The number of nitrogens with one attached hydrogen (secondary N) is 1. The van der Waals surface area contributed by atoms with Crippen LogP contribution < -0.4 is 10.1 Å². The molecule has 106 valence electrons. The minimum absolute atomic E-state index is 0.213. The molecule has 0 aliphatic heterocycles. The van der Waals surface area contributed by atoms with E-state index >= 15 is 0 Å². The molecule has 4 heteroatoms. The maximum absolute atomic E-state index is 10.9. The maximum Gasteiger partial charge on any atom is 0.130 e. The number of hydrogen-bond donors (Lipinski definition) is 2. The summed E-state index contributed by atoms with van der Waals surface area (Å²) >= 11 is 0. The first-order valence-corrected chi connectivity index (χ1v) is 6.68. The number of carbonyl (C=O) groups is 1. The predicted octanol–water partition coefficient (Wildman–Crippen LogP) is 1.56. The van der Waals surface area contributed by atoms with Gasteiger partial charge in [-0.1, -0.05) is 12.1 Å². The Balaban J connectivity index is 2.22. The highest BCUT2D eigenvalue weighted by molar-refractivity contribution is 5.75. The first-order chi connectivity index (χ1) is 9.08. The molecule has 0 fully saturated rings. The number of Topliss-reactive ketones (excluding diaryl/α,β-unsaturated/α-hetero) is 1. The van der Waals surface area contributed by atoms with Crippen LogP contribution in [0, 0.1) is 0 Å². The molecule has 0 aliphatic carbocycles. The molecule has 0 spiro atoms. The third kappa shape index (κ3) is 7.59. The molecule has 1 rings (SSSR count). The Kier molecular flexibility index (Phi) is 7.15. The van der Waals surface area contributed by atoms with E-state index in [-0.39, 0.29) is 11.9 Å². The molecule has 0 radical (unpaired) electrons. The molecule has 0 aromatic heterocycles. The van der Waals surface area contributed by atoms with Crippen molar-refractivity contribution in [3.8, 4) is 5.75 Å². The summed E-state index contributed by atoms with van der Waals surface area (Å²) in [6.45, 7) is 5.20. The van der Waals surface area contributed by atoms with Crippen molar-refractivity contribution in [1.82, 2.24) is 5.32 Å². The first kappa shape index (κ1) is 15.7. The lowest BCUT2D eigenvalue weighted by Gasteiger charge is -2.09. The van der Waals surface area contributed by atoms with Gasteiger partial charge in [-0.05, 0) is 38.0 Å². The van der Waals surface area contributed by atoms with Gasteiger partial charge in [0.1, 0.15) is 18.1 Å². The fourth-order valence-corrected chi connectivity index (χ4v) is 1.62. The Morgan fingerprint density at radius 2 is 2.05 bits per heavy atom. The number of ketones is 1. The van der Waals surface area contributed by atoms with Gasteiger partial charge in [0.05, 0.1) is 6.10 Å². The average molecular weight is 265 g/mol. The van der Waals surface area contributed by atoms with Crippen molar-refractivity contribution in [2.75, 3.05) is 19.7 Å². The van der Waals surface area contributed by atoms with Crippen molar-refractivity contribution in [3.63, 3.8) is 0 Å². The van der Waals surface area contributed by atoms with Gasteiger partial charge >= 0.3 is 0 Å². The molecule has 19 heavy (non-hydrogen) atoms. The van der Waals surface area contributed by atoms with Crippen molar-refractivity contribution in [3.05, 3.63) is 29.8 Å². The number of ether oxygens (including phenoxy) is 1. The first-order valence-electron chi connectivity index (χ1n) is 6.68. The van der Waals surface area contributed by atoms with E-state index in [9.17, 15) is 4.79 Å². The van der Waals surface area contributed by atoms with E-state index < -0.39 is 0 Å².